The monoisotopic (exact) mass is 284 g/mol. The zero-order valence-corrected chi connectivity index (χ0v) is 11.6. The number of pyridine rings is 1. The molecule has 2 aromatic rings. The molecule has 0 amide bonds. The van der Waals surface area contributed by atoms with E-state index in [0.29, 0.717) is 12.2 Å². The molecule has 0 radical (unpaired) electrons. The van der Waals surface area contributed by atoms with E-state index in [9.17, 15) is 4.39 Å². The second-order valence-corrected chi connectivity index (χ2v) is 4.55. The first kappa shape index (κ1) is 14.8. The Labute approximate surface area is 123 Å². The molecular weight excluding hydrogens is 267 g/mol. The summed E-state index contributed by atoms with van der Waals surface area (Å²) in [5.41, 5.74) is 0.624. The van der Waals surface area contributed by atoms with E-state index in [-0.39, 0.29) is 5.56 Å². The van der Waals surface area contributed by atoms with Crippen LogP contribution in [0.5, 0.6) is 0 Å². The molecule has 108 valence electrons. The summed E-state index contributed by atoms with van der Waals surface area (Å²) in [6.07, 6.45) is 3.62. The van der Waals surface area contributed by atoms with E-state index in [1.807, 2.05) is 24.3 Å². The Morgan fingerprint density at radius 1 is 1.05 bits per heavy atom. The van der Waals surface area contributed by atoms with Crippen molar-refractivity contribution < 1.29 is 4.39 Å². The number of nitriles is 1. The Morgan fingerprint density at radius 3 is 2.57 bits per heavy atom. The molecule has 0 saturated heterocycles. The molecule has 21 heavy (non-hydrogen) atoms. The molecule has 0 fully saturated rings. The number of nitrogens with zero attached hydrogens (tertiary/aromatic N) is 2. The molecule has 1 aromatic heterocycles. The van der Waals surface area contributed by atoms with Crippen molar-refractivity contribution in [1.82, 2.24) is 4.98 Å². The molecule has 0 unspecified atom stereocenters. The van der Waals surface area contributed by atoms with Crippen LogP contribution in [0.3, 0.4) is 0 Å². The zero-order valence-electron chi connectivity index (χ0n) is 11.6. The van der Waals surface area contributed by atoms with Gasteiger partial charge in [0.15, 0.2) is 0 Å². The lowest BCUT2D eigenvalue weighted by Gasteiger charge is -2.09. The molecule has 0 spiro atoms. The van der Waals surface area contributed by atoms with Gasteiger partial charge in [0.1, 0.15) is 23.3 Å². The van der Waals surface area contributed by atoms with Crippen molar-refractivity contribution in [2.24, 2.45) is 0 Å². The number of hydrogen-bond acceptors (Lipinski definition) is 4. The summed E-state index contributed by atoms with van der Waals surface area (Å²) >= 11 is 0. The second-order valence-electron chi connectivity index (χ2n) is 4.55. The summed E-state index contributed by atoms with van der Waals surface area (Å²) in [6, 6.07) is 12.2. The molecular formula is C16H17FN4. The molecule has 0 saturated carbocycles. The fourth-order valence-corrected chi connectivity index (χ4v) is 1.94. The summed E-state index contributed by atoms with van der Waals surface area (Å²) in [6.45, 7) is 1.52. The van der Waals surface area contributed by atoms with Gasteiger partial charge in [-0.1, -0.05) is 12.1 Å². The van der Waals surface area contributed by atoms with Crippen molar-refractivity contribution >= 4 is 11.5 Å². The number of anilines is 2. The number of hydrogen-bond donors (Lipinski definition) is 2. The highest BCUT2D eigenvalue weighted by atomic mass is 19.1. The maximum atomic E-state index is 13.4. The lowest BCUT2D eigenvalue weighted by atomic mass is 10.2. The number of rotatable bonds is 7. The highest BCUT2D eigenvalue weighted by molar-refractivity contribution is 5.57. The Morgan fingerprint density at radius 2 is 1.86 bits per heavy atom. The average molecular weight is 284 g/mol. The molecule has 2 N–H and O–H groups in total. The van der Waals surface area contributed by atoms with Gasteiger partial charge in [-0.25, -0.2) is 9.37 Å². The quantitative estimate of drug-likeness (QED) is 0.765. The van der Waals surface area contributed by atoms with E-state index in [0.717, 1.165) is 25.2 Å². The first-order valence-electron chi connectivity index (χ1n) is 6.88. The Kier molecular flexibility index (Phi) is 5.53. The van der Waals surface area contributed by atoms with Gasteiger partial charge in [0, 0.05) is 19.3 Å². The number of halogens is 1. The summed E-state index contributed by atoms with van der Waals surface area (Å²) in [4.78, 5) is 4.17. The standard InChI is InChI=1S/C16H17FN4/c17-14-6-5-7-15(13(14)12-18)19-9-3-4-11-21-16-8-1-2-10-20-16/h1-2,5-8,10,19H,3-4,9,11H2,(H,20,21). The van der Waals surface area contributed by atoms with Crippen molar-refractivity contribution in [3.63, 3.8) is 0 Å². The minimum absolute atomic E-state index is 0.0733. The molecule has 1 aromatic carbocycles. The zero-order chi connectivity index (χ0) is 14.9. The van der Waals surface area contributed by atoms with E-state index in [2.05, 4.69) is 15.6 Å². The van der Waals surface area contributed by atoms with Crippen LogP contribution >= 0.6 is 0 Å². The number of nitrogens with one attached hydrogen (secondary N) is 2. The largest absolute Gasteiger partial charge is 0.384 e. The van der Waals surface area contributed by atoms with Crippen LogP contribution in [0.15, 0.2) is 42.6 Å². The van der Waals surface area contributed by atoms with Gasteiger partial charge in [-0.3, -0.25) is 0 Å². The predicted molar refractivity (Wildman–Crippen MR) is 81.6 cm³/mol. The molecule has 1 heterocycles. The van der Waals surface area contributed by atoms with Crippen molar-refractivity contribution in [2.45, 2.75) is 12.8 Å². The van der Waals surface area contributed by atoms with Gasteiger partial charge in [0.25, 0.3) is 0 Å². The maximum absolute atomic E-state index is 13.4. The van der Waals surface area contributed by atoms with E-state index in [1.54, 1.807) is 18.3 Å². The van der Waals surface area contributed by atoms with Crippen LogP contribution in [0.2, 0.25) is 0 Å². The minimum atomic E-state index is -0.487. The summed E-state index contributed by atoms with van der Waals surface area (Å²) in [5.74, 6) is 0.377. The molecule has 0 aliphatic rings. The van der Waals surface area contributed by atoms with Crippen LogP contribution in [0, 0.1) is 17.1 Å². The first-order chi connectivity index (χ1) is 10.3. The van der Waals surface area contributed by atoms with Crippen LogP contribution in [0.1, 0.15) is 18.4 Å². The van der Waals surface area contributed by atoms with E-state index in [4.69, 9.17) is 5.26 Å². The summed E-state index contributed by atoms with van der Waals surface area (Å²) < 4.78 is 13.4. The third-order valence-corrected chi connectivity index (χ3v) is 3.02. The van der Waals surface area contributed by atoms with Crippen molar-refractivity contribution in [3.05, 3.63) is 54.0 Å². The van der Waals surface area contributed by atoms with Crippen LogP contribution in [-0.4, -0.2) is 18.1 Å². The highest BCUT2D eigenvalue weighted by Crippen LogP contribution is 2.17. The number of benzene rings is 1. The fraction of sp³-hybridized carbons (Fsp3) is 0.250. The first-order valence-corrected chi connectivity index (χ1v) is 6.88. The smallest absolute Gasteiger partial charge is 0.143 e. The van der Waals surface area contributed by atoms with E-state index < -0.39 is 5.82 Å². The van der Waals surface area contributed by atoms with Crippen LogP contribution in [-0.2, 0) is 0 Å². The predicted octanol–water partition coefficient (Wildman–Crippen LogP) is 3.40. The average Bonchev–Trinajstić information content (AvgIpc) is 2.52. The van der Waals surface area contributed by atoms with Gasteiger partial charge in [0.2, 0.25) is 0 Å². The molecule has 0 aliphatic carbocycles. The van der Waals surface area contributed by atoms with E-state index >= 15 is 0 Å². The normalized spacial score (nSPS) is 9.90. The minimum Gasteiger partial charge on any atom is -0.384 e. The molecule has 0 bridgehead atoms. The maximum Gasteiger partial charge on any atom is 0.143 e. The summed E-state index contributed by atoms with van der Waals surface area (Å²) in [7, 11) is 0. The van der Waals surface area contributed by atoms with Crippen molar-refractivity contribution in [3.8, 4) is 6.07 Å². The molecule has 0 atom stereocenters. The summed E-state index contributed by atoms with van der Waals surface area (Å²) in [5, 5.41) is 15.2. The van der Waals surface area contributed by atoms with Crippen LogP contribution in [0.25, 0.3) is 0 Å². The molecule has 0 aliphatic heterocycles. The van der Waals surface area contributed by atoms with Gasteiger partial charge in [-0.15, -0.1) is 0 Å². The van der Waals surface area contributed by atoms with Gasteiger partial charge < -0.3 is 10.6 Å². The second kappa shape index (κ2) is 7.85. The molecule has 2 rings (SSSR count). The van der Waals surface area contributed by atoms with Crippen molar-refractivity contribution in [2.75, 3.05) is 23.7 Å². The fourth-order valence-electron chi connectivity index (χ4n) is 1.94. The third kappa shape index (κ3) is 4.46. The number of unbranched alkanes of at least 4 members (excludes halogenated alkanes) is 1. The van der Waals surface area contributed by atoms with Gasteiger partial charge in [-0.2, -0.15) is 5.26 Å². The van der Waals surface area contributed by atoms with Gasteiger partial charge >= 0.3 is 0 Å². The lowest BCUT2D eigenvalue weighted by Crippen LogP contribution is -2.08. The van der Waals surface area contributed by atoms with Gasteiger partial charge in [-0.05, 0) is 37.1 Å². The Hall–Kier alpha value is -2.61. The molecule has 4 nitrogen and oxygen atoms in total. The SMILES string of the molecule is N#Cc1c(F)cccc1NCCCCNc1ccccn1. The van der Waals surface area contributed by atoms with Crippen molar-refractivity contribution in [1.29, 1.82) is 5.26 Å². The topological polar surface area (TPSA) is 60.7 Å². The van der Waals surface area contributed by atoms with E-state index in [1.165, 1.54) is 6.07 Å². The Bertz CT molecular complexity index is 607. The number of aromatic nitrogens is 1. The third-order valence-electron chi connectivity index (χ3n) is 3.02. The van der Waals surface area contributed by atoms with Crippen LogP contribution in [0.4, 0.5) is 15.9 Å². The molecule has 5 heteroatoms. The highest BCUT2D eigenvalue weighted by Gasteiger charge is 2.06. The lowest BCUT2D eigenvalue weighted by molar-refractivity contribution is 0.624. The Balaban J connectivity index is 1.69. The van der Waals surface area contributed by atoms with Gasteiger partial charge in [0.05, 0.1) is 5.69 Å². The van der Waals surface area contributed by atoms with Crippen LogP contribution < -0.4 is 10.6 Å².